The third kappa shape index (κ3) is 4.43. The van der Waals surface area contributed by atoms with Gasteiger partial charge in [0.1, 0.15) is 0 Å². The van der Waals surface area contributed by atoms with Crippen LogP contribution in [0.4, 0.5) is 0 Å². The van der Waals surface area contributed by atoms with Gasteiger partial charge in [0.15, 0.2) is 0 Å². The quantitative estimate of drug-likeness (QED) is 0.739. The van der Waals surface area contributed by atoms with Crippen molar-refractivity contribution in [2.75, 3.05) is 6.54 Å². The average Bonchev–Trinajstić information content (AvgIpc) is 2.40. The number of hydrogen-bond acceptors (Lipinski definition) is 2. The van der Waals surface area contributed by atoms with Gasteiger partial charge in [-0.25, -0.2) is 0 Å². The molecule has 0 aliphatic rings. The zero-order valence-electron chi connectivity index (χ0n) is 11.9. The number of hydrogen-bond donors (Lipinski definition) is 2. The first-order valence-electron chi connectivity index (χ1n) is 7.23. The van der Waals surface area contributed by atoms with Crippen molar-refractivity contribution in [3.63, 3.8) is 0 Å². The van der Waals surface area contributed by atoms with Crippen LogP contribution in [0.2, 0.25) is 0 Å². The molecular weight excluding hydrogens is 222 g/mol. The molecule has 0 fully saturated rings. The van der Waals surface area contributed by atoms with E-state index < -0.39 is 6.10 Å². The maximum absolute atomic E-state index is 10.4. The van der Waals surface area contributed by atoms with E-state index in [2.05, 4.69) is 50.4 Å². The Balaban J connectivity index is 2.65. The molecule has 2 unspecified atom stereocenters. The van der Waals surface area contributed by atoms with Gasteiger partial charge >= 0.3 is 0 Å². The molecule has 2 atom stereocenters. The van der Waals surface area contributed by atoms with Gasteiger partial charge in [-0.15, -0.1) is 0 Å². The Hall–Kier alpha value is -0.860. The van der Waals surface area contributed by atoms with Crippen molar-refractivity contribution >= 4 is 0 Å². The smallest absolute Gasteiger partial charge is 0.0942 e. The molecule has 1 aromatic carbocycles. The molecule has 0 heterocycles. The fourth-order valence-corrected chi connectivity index (χ4v) is 2.21. The van der Waals surface area contributed by atoms with Crippen LogP contribution in [0.25, 0.3) is 0 Å². The molecule has 0 spiro atoms. The number of benzene rings is 1. The van der Waals surface area contributed by atoms with Crippen molar-refractivity contribution in [1.29, 1.82) is 0 Å². The maximum Gasteiger partial charge on any atom is 0.0942 e. The molecule has 0 amide bonds. The van der Waals surface area contributed by atoms with E-state index in [-0.39, 0.29) is 6.04 Å². The topological polar surface area (TPSA) is 32.3 Å². The molecular formula is C16H27NO. The van der Waals surface area contributed by atoms with Crippen LogP contribution in [-0.2, 0) is 6.42 Å². The molecule has 1 rings (SSSR count). The molecule has 0 bridgehead atoms. The molecule has 2 heteroatoms. The lowest BCUT2D eigenvalue weighted by Crippen LogP contribution is -2.34. The molecule has 1 aromatic rings. The second kappa shape index (κ2) is 8.28. The lowest BCUT2D eigenvalue weighted by Gasteiger charge is -2.23. The number of aliphatic hydroxyl groups excluding tert-OH is 1. The van der Waals surface area contributed by atoms with E-state index >= 15 is 0 Å². The van der Waals surface area contributed by atoms with E-state index in [0.717, 1.165) is 37.8 Å². The van der Waals surface area contributed by atoms with E-state index in [9.17, 15) is 5.11 Å². The minimum atomic E-state index is -0.405. The van der Waals surface area contributed by atoms with Crippen LogP contribution in [-0.4, -0.2) is 17.7 Å². The van der Waals surface area contributed by atoms with E-state index in [1.54, 1.807) is 0 Å². The third-order valence-electron chi connectivity index (χ3n) is 3.34. The Morgan fingerprint density at radius 1 is 1.06 bits per heavy atom. The monoisotopic (exact) mass is 249 g/mol. The van der Waals surface area contributed by atoms with Gasteiger partial charge in [0, 0.05) is 6.04 Å². The molecule has 0 saturated carbocycles. The van der Waals surface area contributed by atoms with Crippen molar-refractivity contribution in [2.45, 2.75) is 58.6 Å². The summed E-state index contributed by atoms with van der Waals surface area (Å²) in [5.74, 6) is 0. The zero-order valence-corrected chi connectivity index (χ0v) is 11.9. The summed E-state index contributed by atoms with van der Waals surface area (Å²) in [5, 5.41) is 13.8. The number of aliphatic hydroxyl groups is 1. The van der Waals surface area contributed by atoms with Gasteiger partial charge in [0.05, 0.1) is 6.10 Å². The molecule has 0 aromatic heterocycles. The van der Waals surface area contributed by atoms with E-state index in [1.165, 1.54) is 5.56 Å². The van der Waals surface area contributed by atoms with Gasteiger partial charge in [-0.05, 0) is 36.9 Å². The standard InChI is InChI=1S/C16H27NO/c1-4-7-13-8-10-14(11-9-13)16(18)15(6-3)17-12-5-2/h8-11,15-18H,4-7,12H2,1-3H3. The van der Waals surface area contributed by atoms with Crippen LogP contribution in [0.5, 0.6) is 0 Å². The second-order valence-electron chi connectivity index (χ2n) is 4.91. The van der Waals surface area contributed by atoms with Gasteiger partial charge < -0.3 is 10.4 Å². The Labute approximate surface area is 111 Å². The first kappa shape index (κ1) is 15.2. The highest BCUT2D eigenvalue weighted by molar-refractivity contribution is 5.25. The highest BCUT2D eigenvalue weighted by Crippen LogP contribution is 2.20. The van der Waals surface area contributed by atoms with Crippen LogP contribution in [0, 0.1) is 0 Å². The number of aryl methyl sites for hydroxylation is 1. The molecule has 0 radical (unpaired) electrons. The highest BCUT2D eigenvalue weighted by atomic mass is 16.3. The van der Waals surface area contributed by atoms with Crippen LogP contribution < -0.4 is 5.32 Å². The molecule has 0 aliphatic heterocycles. The van der Waals surface area contributed by atoms with Crippen molar-refractivity contribution < 1.29 is 5.11 Å². The molecule has 102 valence electrons. The van der Waals surface area contributed by atoms with Crippen LogP contribution in [0.1, 0.15) is 57.3 Å². The maximum atomic E-state index is 10.4. The van der Waals surface area contributed by atoms with Crippen molar-refractivity contribution in [3.05, 3.63) is 35.4 Å². The summed E-state index contributed by atoms with van der Waals surface area (Å²) >= 11 is 0. The van der Waals surface area contributed by atoms with Gasteiger partial charge in [0.2, 0.25) is 0 Å². The predicted molar refractivity (Wildman–Crippen MR) is 77.8 cm³/mol. The van der Waals surface area contributed by atoms with E-state index in [0.29, 0.717) is 0 Å². The Kier molecular flexibility index (Phi) is 6.99. The van der Waals surface area contributed by atoms with Crippen LogP contribution in [0.15, 0.2) is 24.3 Å². The minimum Gasteiger partial charge on any atom is -0.387 e. The lowest BCUT2D eigenvalue weighted by atomic mass is 9.98. The highest BCUT2D eigenvalue weighted by Gasteiger charge is 2.18. The average molecular weight is 249 g/mol. The third-order valence-corrected chi connectivity index (χ3v) is 3.34. The summed E-state index contributed by atoms with van der Waals surface area (Å²) in [6, 6.07) is 8.54. The van der Waals surface area contributed by atoms with E-state index in [4.69, 9.17) is 0 Å². The van der Waals surface area contributed by atoms with Gasteiger partial charge in [0.25, 0.3) is 0 Å². The fourth-order valence-electron chi connectivity index (χ4n) is 2.21. The summed E-state index contributed by atoms with van der Waals surface area (Å²) in [4.78, 5) is 0. The molecule has 2 nitrogen and oxygen atoms in total. The van der Waals surface area contributed by atoms with Gasteiger partial charge in [-0.3, -0.25) is 0 Å². The first-order chi connectivity index (χ1) is 8.72. The summed E-state index contributed by atoms with van der Waals surface area (Å²) < 4.78 is 0. The van der Waals surface area contributed by atoms with Gasteiger partial charge in [-0.2, -0.15) is 0 Å². The van der Waals surface area contributed by atoms with Crippen molar-refractivity contribution in [1.82, 2.24) is 5.32 Å². The summed E-state index contributed by atoms with van der Waals surface area (Å²) in [6.45, 7) is 7.40. The molecule has 0 aliphatic carbocycles. The predicted octanol–water partition coefficient (Wildman–Crippen LogP) is 3.45. The largest absolute Gasteiger partial charge is 0.387 e. The van der Waals surface area contributed by atoms with Crippen molar-refractivity contribution in [2.24, 2.45) is 0 Å². The fraction of sp³-hybridized carbons (Fsp3) is 0.625. The molecule has 2 N–H and O–H groups in total. The number of nitrogens with one attached hydrogen (secondary N) is 1. The second-order valence-corrected chi connectivity index (χ2v) is 4.91. The number of rotatable bonds is 8. The Bertz CT molecular complexity index is 320. The summed E-state index contributed by atoms with van der Waals surface area (Å²) in [7, 11) is 0. The van der Waals surface area contributed by atoms with E-state index in [1.807, 2.05) is 0 Å². The van der Waals surface area contributed by atoms with Crippen molar-refractivity contribution in [3.8, 4) is 0 Å². The normalized spacial score (nSPS) is 14.4. The van der Waals surface area contributed by atoms with Crippen LogP contribution in [0.3, 0.4) is 0 Å². The Morgan fingerprint density at radius 3 is 2.22 bits per heavy atom. The summed E-state index contributed by atoms with van der Waals surface area (Å²) in [5.41, 5.74) is 2.37. The lowest BCUT2D eigenvalue weighted by molar-refractivity contribution is 0.126. The molecule has 0 saturated heterocycles. The SMILES string of the molecule is CCCNC(CC)C(O)c1ccc(CCC)cc1. The zero-order chi connectivity index (χ0) is 13.4. The van der Waals surface area contributed by atoms with Crippen LogP contribution >= 0.6 is 0 Å². The summed E-state index contributed by atoms with van der Waals surface area (Å²) in [6.07, 6.45) is 3.91. The minimum absolute atomic E-state index is 0.155. The Morgan fingerprint density at radius 2 is 1.72 bits per heavy atom. The molecule has 18 heavy (non-hydrogen) atoms. The van der Waals surface area contributed by atoms with Gasteiger partial charge in [-0.1, -0.05) is 51.5 Å². The first-order valence-corrected chi connectivity index (χ1v) is 7.23.